The summed E-state index contributed by atoms with van der Waals surface area (Å²) in [4.78, 5) is 26.7. The summed E-state index contributed by atoms with van der Waals surface area (Å²) < 4.78 is 6.22. The molecule has 1 N–H and O–H groups in total. The Hall–Kier alpha value is -2.08. The second-order valence-corrected chi connectivity index (χ2v) is 9.08. The van der Waals surface area contributed by atoms with E-state index in [0.717, 1.165) is 24.0 Å². The van der Waals surface area contributed by atoms with Gasteiger partial charge in [-0.1, -0.05) is 47.5 Å². The van der Waals surface area contributed by atoms with E-state index < -0.39 is 23.7 Å². The van der Waals surface area contributed by atoms with Crippen molar-refractivity contribution in [2.24, 2.45) is 5.92 Å². The van der Waals surface area contributed by atoms with Crippen molar-refractivity contribution in [1.82, 2.24) is 4.90 Å². The third-order valence-electron chi connectivity index (χ3n) is 5.99. The van der Waals surface area contributed by atoms with Crippen LogP contribution in [0.3, 0.4) is 0 Å². The topological polar surface area (TPSA) is 66.8 Å². The minimum Gasteiger partial charge on any atom is -0.481 e. The van der Waals surface area contributed by atoms with Crippen molar-refractivity contribution in [3.05, 3.63) is 69.7 Å². The Kier molecular flexibility index (Phi) is 5.80. The number of carbonyl (C=O) groups excluding carboxylic acids is 1. The van der Waals surface area contributed by atoms with Gasteiger partial charge in [0.1, 0.15) is 12.2 Å². The Bertz CT molecular complexity index is 960. The molecule has 2 fully saturated rings. The van der Waals surface area contributed by atoms with Crippen LogP contribution in [0.2, 0.25) is 10.0 Å². The molecule has 1 aliphatic heterocycles. The number of hydrogen-bond donors (Lipinski definition) is 1. The van der Waals surface area contributed by atoms with Gasteiger partial charge in [-0.05, 0) is 61.1 Å². The first-order valence-electron chi connectivity index (χ1n) is 9.99. The number of morpholine rings is 1. The first kappa shape index (κ1) is 21.2. The molecule has 0 spiro atoms. The number of amides is 1. The van der Waals surface area contributed by atoms with Crippen LogP contribution < -0.4 is 0 Å². The lowest BCUT2D eigenvalue weighted by Crippen LogP contribution is -2.61. The highest BCUT2D eigenvalue weighted by atomic mass is 35.5. The molecule has 4 rings (SSSR count). The molecule has 7 heteroatoms. The first-order chi connectivity index (χ1) is 14.3. The van der Waals surface area contributed by atoms with E-state index in [9.17, 15) is 14.7 Å². The van der Waals surface area contributed by atoms with Crippen molar-refractivity contribution in [2.45, 2.75) is 43.9 Å². The molecule has 2 aromatic rings. The van der Waals surface area contributed by atoms with E-state index in [1.807, 2.05) is 42.2 Å². The Morgan fingerprint density at radius 3 is 2.47 bits per heavy atom. The van der Waals surface area contributed by atoms with Crippen molar-refractivity contribution >= 4 is 35.1 Å². The number of aliphatic carboxylic acids is 1. The van der Waals surface area contributed by atoms with Crippen LogP contribution in [0.5, 0.6) is 0 Å². The molecule has 1 saturated carbocycles. The van der Waals surface area contributed by atoms with Gasteiger partial charge in [0.05, 0.1) is 12.0 Å². The van der Waals surface area contributed by atoms with Crippen molar-refractivity contribution in [1.29, 1.82) is 0 Å². The van der Waals surface area contributed by atoms with E-state index in [4.69, 9.17) is 27.9 Å². The van der Waals surface area contributed by atoms with Gasteiger partial charge in [0, 0.05) is 16.6 Å². The van der Waals surface area contributed by atoms with E-state index in [1.165, 1.54) is 0 Å². The average Bonchev–Trinajstić information content (AvgIpc) is 3.52. The molecule has 5 nitrogen and oxygen atoms in total. The van der Waals surface area contributed by atoms with E-state index >= 15 is 0 Å². The van der Waals surface area contributed by atoms with Crippen molar-refractivity contribution in [3.63, 3.8) is 0 Å². The van der Waals surface area contributed by atoms with Gasteiger partial charge < -0.3 is 14.7 Å². The molecule has 2 aliphatic rings. The number of carbonyl (C=O) groups is 2. The van der Waals surface area contributed by atoms with Crippen LogP contribution >= 0.6 is 23.2 Å². The minimum absolute atomic E-state index is 0.292. The van der Waals surface area contributed by atoms with Crippen LogP contribution in [0, 0.1) is 5.92 Å². The second-order valence-electron chi connectivity index (χ2n) is 8.20. The van der Waals surface area contributed by atoms with E-state index in [2.05, 4.69) is 0 Å². The number of hydrogen-bond acceptors (Lipinski definition) is 3. The number of ether oxygens (including phenoxy) is 1. The standard InChI is InChI=1S/C23H23Cl2NO4/c1-23(16-7-9-17(24)10-8-16)21(15-3-2-4-18(25)11-15)30-19(12-20(27)28)22(29)26(23)13-14-5-6-14/h2-4,7-11,14,19,21H,5-6,12-13H2,1H3,(H,27,28)/t19-,21-,23+/m0/s1. The maximum Gasteiger partial charge on any atom is 0.306 e. The fourth-order valence-electron chi connectivity index (χ4n) is 4.20. The van der Waals surface area contributed by atoms with Gasteiger partial charge in [-0.25, -0.2) is 0 Å². The largest absolute Gasteiger partial charge is 0.481 e. The van der Waals surface area contributed by atoms with Gasteiger partial charge in [-0.15, -0.1) is 0 Å². The Balaban J connectivity index is 1.86. The summed E-state index contributed by atoms with van der Waals surface area (Å²) in [5.41, 5.74) is 0.826. The normalized spacial score (nSPS) is 26.6. The molecule has 158 valence electrons. The van der Waals surface area contributed by atoms with E-state index in [-0.39, 0.29) is 12.3 Å². The molecular weight excluding hydrogens is 425 g/mol. The lowest BCUT2D eigenvalue weighted by atomic mass is 9.78. The molecule has 2 aromatic carbocycles. The van der Waals surface area contributed by atoms with Crippen LogP contribution in [-0.4, -0.2) is 34.5 Å². The fraction of sp³-hybridized carbons (Fsp3) is 0.391. The van der Waals surface area contributed by atoms with E-state index in [0.29, 0.717) is 22.5 Å². The SMILES string of the molecule is C[C@@]1(c2ccc(Cl)cc2)[C@H](c2cccc(Cl)c2)O[C@@H](CC(=O)O)C(=O)N1CC1CC1. The van der Waals surface area contributed by atoms with Gasteiger partial charge in [0.2, 0.25) is 0 Å². The smallest absolute Gasteiger partial charge is 0.306 e. The summed E-state index contributed by atoms with van der Waals surface area (Å²) in [6, 6.07) is 14.7. The number of carboxylic acid groups (broad SMARTS) is 1. The molecule has 1 aliphatic carbocycles. The summed E-state index contributed by atoms with van der Waals surface area (Å²) in [5, 5.41) is 10.5. The molecule has 1 saturated heterocycles. The highest BCUT2D eigenvalue weighted by Gasteiger charge is 2.53. The predicted octanol–water partition coefficient (Wildman–Crippen LogP) is 5.06. The Labute approximate surface area is 185 Å². The maximum atomic E-state index is 13.4. The second kappa shape index (κ2) is 8.22. The molecule has 0 aromatic heterocycles. The summed E-state index contributed by atoms with van der Waals surface area (Å²) >= 11 is 12.4. The molecule has 1 amide bonds. The van der Waals surface area contributed by atoms with Crippen LogP contribution in [0.4, 0.5) is 0 Å². The zero-order chi connectivity index (χ0) is 21.5. The van der Waals surface area contributed by atoms with Gasteiger partial charge in [-0.3, -0.25) is 9.59 Å². The van der Waals surface area contributed by atoms with Crippen LogP contribution in [0.15, 0.2) is 48.5 Å². The molecule has 3 atom stereocenters. The van der Waals surface area contributed by atoms with Crippen molar-refractivity contribution in [2.75, 3.05) is 6.54 Å². The molecule has 30 heavy (non-hydrogen) atoms. The third-order valence-corrected chi connectivity index (χ3v) is 6.48. The van der Waals surface area contributed by atoms with Gasteiger partial charge in [0.15, 0.2) is 0 Å². The highest BCUT2D eigenvalue weighted by Crippen LogP contribution is 2.49. The van der Waals surface area contributed by atoms with Crippen LogP contribution in [0.25, 0.3) is 0 Å². The number of halogens is 2. The quantitative estimate of drug-likeness (QED) is 0.671. The summed E-state index contributed by atoms with van der Waals surface area (Å²) in [6.07, 6.45) is 0.108. The molecule has 0 bridgehead atoms. The summed E-state index contributed by atoms with van der Waals surface area (Å²) in [7, 11) is 0. The summed E-state index contributed by atoms with van der Waals surface area (Å²) in [5.74, 6) is -0.941. The minimum atomic E-state index is -1.07. The summed E-state index contributed by atoms with van der Waals surface area (Å²) in [6.45, 7) is 2.54. The molecule has 0 unspecified atom stereocenters. The Morgan fingerprint density at radius 1 is 1.17 bits per heavy atom. The van der Waals surface area contributed by atoms with Gasteiger partial charge in [0.25, 0.3) is 5.91 Å². The predicted molar refractivity (Wildman–Crippen MR) is 115 cm³/mol. The highest BCUT2D eigenvalue weighted by molar-refractivity contribution is 6.30. The molecule has 1 heterocycles. The number of rotatable bonds is 6. The Morgan fingerprint density at radius 2 is 1.87 bits per heavy atom. The third kappa shape index (κ3) is 4.07. The lowest BCUT2D eigenvalue weighted by Gasteiger charge is -2.52. The zero-order valence-electron chi connectivity index (χ0n) is 16.6. The van der Waals surface area contributed by atoms with Crippen molar-refractivity contribution in [3.8, 4) is 0 Å². The number of nitrogens with zero attached hydrogens (tertiary/aromatic N) is 1. The van der Waals surface area contributed by atoms with Crippen molar-refractivity contribution < 1.29 is 19.4 Å². The molecule has 0 radical (unpaired) electrons. The van der Waals surface area contributed by atoms with E-state index in [1.54, 1.807) is 18.2 Å². The number of benzene rings is 2. The first-order valence-corrected chi connectivity index (χ1v) is 10.7. The van der Waals surface area contributed by atoms with Gasteiger partial charge in [-0.2, -0.15) is 0 Å². The average molecular weight is 448 g/mol. The number of carboxylic acids is 1. The molecular formula is C23H23Cl2NO4. The fourth-order valence-corrected chi connectivity index (χ4v) is 4.52. The monoisotopic (exact) mass is 447 g/mol. The van der Waals surface area contributed by atoms with Crippen LogP contribution in [0.1, 0.15) is 43.4 Å². The van der Waals surface area contributed by atoms with Gasteiger partial charge >= 0.3 is 5.97 Å². The van der Waals surface area contributed by atoms with Crippen LogP contribution in [-0.2, 0) is 19.9 Å². The lowest BCUT2D eigenvalue weighted by molar-refractivity contribution is -0.195. The zero-order valence-corrected chi connectivity index (χ0v) is 18.1. The maximum absolute atomic E-state index is 13.4.